The van der Waals surface area contributed by atoms with Crippen LogP contribution in [0, 0.1) is 0 Å². The Morgan fingerprint density at radius 1 is 1.58 bits per heavy atom. The van der Waals surface area contributed by atoms with Gasteiger partial charge in [-0.1, -0.05) is 0 Å². The SMILES string of the molecule is NOCC(=O)NCC(N)C(=O)O. The van der Waals surface area contributed by atoms with Crippen molar-refractivity contribution in [2.45, 2.75) is 6.04 Å². The van der Waals surface area contributed by atoms with Crippen LogP contribution in [0.1, 0.15) is 0 Å². The van der Waals surface area contributed by atoms with Crippen LogP contribution in [0.15, 0.2) is 0 Å². The van der Waals surface area contributed by atoms with Gasteiger partial charge in [0.2, 0.25) is 5.91 Å². The van der Waals surface area contributed by atoms with Crippen molar-refractivity contribution in [1.82, 2.24) is 5.32 Å². The molecule has 0 saturated carbocycles. The summed E-state index contributed by atoms with van der Waals surface area (Å²) in [5, 5.41) is 10.5. The number of nitrogens with one attached hydrogen (secondary N) is 1. The monoisotopic (exact) mass is 177 g/mol. The quantitative estimate of drug-likeness (QED) is 0.341. The Balaban J connectivity index is 3.54. The van der Waals surface area contributed by atoms with Gasteiger partial charge in [-0.15, -0.1) is 0 Å². The molecule has 0 aromatic carbocycles. The molecule has 0 aliphatic heterocycles. The summed E-state index contributed by atoms with van der Waals surface area (Å²) >= 11 is 0. The highest BCUT2D eigenvalue weighted by atomic mass is 16.6. The highest BCUT2D eigenvalue weighted by molar-refractivity contribution is 5.79. The second-order valence-electron chi connectivity index (χ2n) is 2.06. The van der Waals surface area contributed by atoms with E-state index in [9.17, 15) is 9.59 Å². The Morgan fingerprint density at radius 2 is 2.17 bits per heavy atom. The number of carbonyl (C=O) groups is 2. The van der Waals surface area contributed by atoms with E-state index >= 15 is 0 Å². The van der Waals surface area contributed by atoms with E-state index in [1.165, 1.54) is 0 Å². The summed E-state index contributed by atoms with van der Waals surface area (Å²) in [6, 6.07) is -1.10. The predicted molar refractivity (Wildman–Crippen MR) is 38.8 cm³/mol. The van der Waals surface area contributed by atoms with E-state index in [0.717, 1.165) is 0 Å². The van der Waals surface area contributed by atoms with Gasteiger partial charge >= 0.3 is 5.97 Å². The molecule has 0 heterocycles. The highest BCUT2D eigenvalue weighted by Crippen LogP contribution is 1.75. The number of carbonyl (C=O) groups excluding carboxylic acids is 1. The Kier molecular flexibility index (Phi) is 4.93. The topological polar surface area (TPSA) is 128 Å². The smallest absolute Gasteiger partial charge is 0.322 e. The second kappa shape index (κ2) is 5.47. The first-order chi connectivity index (χ1) is 5.57. The molecule has 0 aliphatic carbocycles. The highest BCUT2D eigenvalue weighted by Gasteiger charge is 2.11. The van der Waals surface area contributed by atoms with Crippen LogP contribution in [0.2, 0.25) is 0 Å². The van der Waals surface area contributed by atoms with Crippen LogP contribution in [-0.4, -0.2) is 36.2 Å². The molecule has 0 saturated heterocycles. The first-order valence-electron chi connectivity index (χ1n) is 3.14. The van der Waals surface area contributed by atoms with Gasteiger partial charge in [0.25, 0.3) is 0 Å². The standard InChI is InChI=1S/C5H11N3O4/c6-3(5(10)11)1-8-4(9)2-12-7/h3H,1-2,6-7H2,(H,8,9)(H,10,11). The molecule has 0 aliphatic rings. The van der Waals surface area contributed by atoms with Crippen molar-refractivity contribution in [2.75, 3.05) is 13.2 Å². The zero-order valence-electron chi connectivity index (χ0n) is 6.32. The molecular formula is C5H11N3O4. The number of aliphatic carboxylic acids is 1. The third kappa shape index (κ3) is 4.61. The molecule has 0 bridgehead atoms. The zero-order chi connectivity index (χ0) is 9.56. The van der Waals surface area contributed by atoms with Crippen molar-refractivity contribution in [1.29, 1.82) is 0 Å². The van der Waals surface area contributed by atoms with Crippen molar-refractivity contribution in [3.8, 4) is 0 Å². The molecule has 6 N–H and O–H groups in total. The van der Waals surface area contributed by atoms with Gasteiger partial charge in [0.15, 0.2) is 0 Å². The van der Waals surface area contributed by atoms with Crippen LogP contribution in [0.5, 0.6) is 0 Å². The number of carboxylic acid groups (broad SMARTS) is 1. The number of hydrogen-bond acceptors (Lipinski definition) is 5. The molecular weight excluding hydrogens is 166 g/mol. The molecule has 0 spiro atoms. The third-order valence-corrected chi connectivity index (χ3v) is 1.05. The fourth-order valence-electron chi connectivity index (χ4n) is 0.438. The van der Waals surface area contributed by atoms with E-state index in [1.807, 2.05) is 0 Å². The third-order valence-electron chi connectivity index (χ3n) is 1.05. The maximum atomic E-state index is 10.6. The Labute approximate surface area is 68.6 Å². The molecule has 0 fully saturated rings. The molecule has 7 heteroatoms. The molecule has 70 valence electrons. The zero-order valence-corrected chi connectivity index (χ0v) is 6.32. The van der Waals surface area contributed by atoms with E-state index in [1.54, 1.807) is 0 Å². The lowest BCUT2D eigenvalue weighted by atomic mass is 10.3. The van der Waals surface area contributed by atoms with Crippen molar-refractivity contribution >= 4 is 11.9 Å². The largest absolute Gasteiger partial charge is 0.480 e. The Bertz CT molecular complexity index is 172. The van der Waals surface area contributed by atoms with Gasteiger partial charge in [-0.25, -0.2) is 5.90 Å². The van der Waals surface area contributed by atoms with Crippen LogP contribution >= 0.6 is 0 Å². The van der Waals surface area contributed by atoms with Crippen LogP contribution in [0.4, 0.5) is 0 Å². The van der Waals surface area contributed by atoms with Gasteiger partial charge in [0.05, 0.1) is 0 Å². The van der Waals surface area contributed by atoms with E-state index in [0.29, 0.717) is 0 Å². The van der Waals surface area contributed by atoms with Crippen LogP contribution in [0.25, 0.3) is 0 Å². The minimum atomic E-state index is -1.18. The summed E-state index contributed by atoms with van der Waals surface area (Å²) < 4.78 is 0. The number of rotatable bonds is 5. The molecule has 1 unspecified atom stereocenters. The molecule has 0 aromatic heterocycles. The van der Waals surface area contributed by atoms with Crippen LogP contribution in [0.3, 0.4) is 0 Å². The number of carboxylic acids is 1. The minimum Gasteiger partial charge on any atom is -0.480 e. The summed E-state index contributed by atoms with van der Waals surface area (Å²) in [6.45, 7) is -0.454. The van der Waals surface area contributed by atoms with E-state index in [4.69, 9.17) is 10.8 Å². The van der Waals surface area contributed by atoms with E-state index < -0.39 is 17.9 Å². The van der Waals surface area contributed by atoms with E-state index in [-0.39, 0.29) is 13.2 Å². The minimum absolute atomic E-state index is 0.141. The first kappa shape index (κ1) is 10.8. The van der Waals surface area contributed by atoms with Crippen molar-refractivity contribution in [3.05, 3.63) is 0 Å². The number of hydrogen-bond donors (Lipinski definition) is 4. The molecule has 0 radical (unpaired) electrons. The normalized spacial score (nSPS) is 12.2. The molecule has 7 nitrogen and oxygen atoms in total. The average molecular weight is 177 g/mol. The van der Waals surface area contributed by atoms with Crippen molar-refractivity contribution in [3.63, 3.8) is 0 Å². The molecule has 12 heavy (non-hydrogen) atoms. The summed E-state index contributed by atoms with van der Waals surface area (Å²) in [5.74, 6) is 2.90. The van der Waals surface area contributed by atoms with Gasteiger partial charge in [-0.05, 0) is 0 Å². The summed E-state index contributed by atoms with van der Waals surface area (Å²) in [6.07, 6.45) is 0. The predicted octanol–water partition coefficient (Wildman–Crippen LogP) is -2.60. The van der Waals surface area contributed by atoms with Crippen LogP contribution < -0.4 is 16.9 Å². The van der Waals surface area contributed by atoms with Crippen molar-refractivity contribution in [2.24, 2.45) is 11.6 Å². The lowest BCUT2D eigenvalue weighted by molar-refractivity contribution is -0.138. The summed E-state index contributed by atoms with van der Waals surface area (Å²) in [5.41, 5.74) is 5.07. The fraction of sp³-hybridized carbons (Fsp3) is 0.600. The van der Waals surface area contributed by atoms with Crippen molar-refractivity contribution < 1.29 is 19.5 Å². The maximum Gasteiger partial charge on any atom is 0.322 e. The van der Waals surface area contributed by atoms with Crippen LogP contribution in [-0.2, 0) is 14.4 Å². The van der Waals surface area contributed by atoms with E-state index in [2.05, 4.69) is 16.1 Å². The first-order valence-corrected chi connectivity index (χ1v) is 3.14. The maximum absolute atomic E-state index is 10.6. The lowest BCUT2D eigenvalue weighted by Gasteiger charge is -2.06. The van der Waals surface area contributed by atoms with Gasteiger partial charge in [-0.2, -0.15) is 0 Å². The summed E-state index contributed by atoms with van der Waals surface area (Å²) in [7, 11) is 0. The molecule has 0 aromatic rings. The Morgan fingerprint density at radius 3 is 2.58 bits per heavy atom. The molecule has 0 rings (SSSR count). The number of nitrogens with two attached hydrogens (primary N) is 2. The van der Waals surface area contributed by atoms with Gasteiger partial charge in [0.1, 0.15) is 12.6 Å². The Hall–Kier alpha value is -1.18. The molecule has 1 amide bonds. The van der Waals surface area contributed by atoms with Gasteiger partial charge in [0, 0.05) is 6.54 Å². The van der Waals surface area contributed by atoms with Gasteiger partial charge < -0.3 is 16.2 Å². The average Bonchev–Trinajstić information content (AvgIpc) is 2.00. The summed E-state index contributed by atoms with van der Waals surface area (Å²) in [4.78, 5) is 24.7. The lowest BCUT2D eigenvalue weighted by Crippen LogP contribution is -2.43. The van der Waals surface area contributed by atoms with Gasteiger partial charge in [-0.3, -0.25) is 14.4 Å². The second-order valence-corrected chi connectivity index (χ2v) is 2.06. The fourth-order valence-corrected chi connectivity index (χ4v) is 0.438. The number of amides is 1. The molecule has 1 atom stereocenters.